The summed E-state index contributed by atoms with van der Waals surface area (Å²) in [5.41, 5.74) is 1.80. The largest absolute Gasteiger partial charge is 0.493 e. The zero-order valence-corrected chi connectivity index (χ0v) is 11.8. The molecule has 0 aliphatic rings. The second-order valence-corrected chi connectivity index (χ2v) is 5.78. The number of ketones is 1. The summed E-state index contributed by atoms with van der Waals surface area (Å²) < 4.78 is 5.49. The van der Waals surface area contributed by atoms with Crippen LogP contribution in [0.15, 0.2) is 18.2 Å². The molecule has 0 N–H and O–H groups in total. The summed E-state index contributed by atoms with van der Waals surface area (Å²) in [5, 5.41) is 0.472. The van der Waals surface area contributed by atoms with Crippen LogP contribution in [0.5, 0.6) is 5.75 Å². The molecule has 94 valence electrons. The Morgan fingerprint density at radius 2 is 2.12 bits per heavy atom. The summed E-state index contributed by atoms with van der Waals surface area (Å²) >= 11 is 1.66. The fraction of sp³-hybridized carbons (Fsp3) is 0.500. The first-order valence-corrected chi connectivity index (χ1v) is 6.97. The van der Waals surface area contributed by atoms with E-state index in [2.05, 4.69) is 13.8 Å². The average molecular weight is 252 g/mol. The maximum Gasteiger partial charge on any atom is 0.176 e. The molecule has 0 aliphatic carbocycles. The fourth-order valence-corrected chi connectivity index (χ4v) is 2.10. The number of carbonyl (C=O) groups excluding carboxylic acids is 1. The maximum absolute atomic E-state index is 12.1. The second kappa shape index (κ2) is 6.70. The van der Waals surface area contributed by atoms with Crippen LogP contribution >= 0.6 is 11.8 Å². The lowest BCUT2D eigenvalue weighted by Crippen LogP contribution is -2.08. The summed E-state index contributed by atoms with van der Waals surface area (Å²) in [5.74, 6) is 1.37. The Hall–Kier alpha value is -0.960. The van der Waals surface area contributed by atoms with Gasteiger partial charge in [0, 0.05) is 0 Å². The highest BCUT2D eigenvalue weighted by molar-refractivity contribution is 8.00. The number of hydrogen-bond donors (Lipinski definition) is 0. The average Bonchev–Trinajstić information content (AvgIpc) is 2.28. The van der Waals surface area contributed by atoms with Gasteiger partial charge in [-0.2, -0.15) is 11.8 Å². The number of hydrogen-bond acceptors (Lipinski definition) is 3. The molecule has 0 atom stereocenters. The first-order chi connectivity index (χ1) is 8.04. The molecule has 0 fully saturated rings. The number of ether oxygens (including phenoxy) is 1. The minimum absolute atomic E-state index is 0.149. The quantitative estimate of drug-likeness (QED) is 0.722. The normalized spacial score (nSPS) is 10.6. The van der Waals surface area contributed by atoms with Gasteiger partial charge in [-0.3, -0.25) is 4.79 Å². The van der Waals surface area contributed by atoms with Gasteiger partial charge in [0.25, 0.3) is 0 Å². The van der Waals surface area contributed by atoms with E-state index in [0.29, 0.717) is 28.9 Å². The minimum atomic E-state index is 0.149. The van der Waals surface area contributed by atoms with Crippen LogP contribution in [0.1, 0.15) is 36.7 Å². The summed E-state index contributed by atoms with van der Waals surface area (Å²) in [6.45, 7) is 8.69. The van der Waals surface area contributed by atoms with Gasteiger partial charge in [-0.1, -0.05) is 25.5 Å². The van der Waals surface area contributed by atoms with E-state index in [1.807, 2.05) is 32.0 Å². The van der Waals surface area contributed by atoms with Crippen molar-refractivity contribution in [1.82, 2.24) is 0 Å². The highest BCUT2D eigenvalue weighted by Gasteiger charge is 2.13. The van der Waals surface area contributed by atoms with Crippen molar-refractivity contribution in [2.24, 2.45) is 0 Å². The van der Waals surface area contributed by atoms with Crippen molar-refractivity contribution in [1.29, 1.82) is 0 Å². The number of thioether (sulfide) groups is 1. The van der Waals surface area contributed by atoms with Crippen molar-refractivity contribution < 1.29 is 9.53 Å². The Bertz CT molecular complexity index is 386. The van der Waals surface area contributed by atoms with Crippen molar-refractivity contribution in [2.45, 2.75) is 32.9 Å². The molecule has 0 unspecified atom stereocenters. The van der Waals surface area contributed by atoms with E-state index in [1.165, 1.54) is 0 Å². The van der Waals surface area contributed by atoms with E-state index in [4.69, 9.17) is 4.74 Å². The van der Waals surface area contributed by atoms with E-state index in [9.17, 15) is 4.79 Å². The van der Waals surface area contributed by atoms with Gasteiger partial charge in [-0.15, -0.1) is 0 Å². The van der Waals surface area contributed by atoms with Gasteiger partial charge in [0.05, 0.1) is 17.9 Å². The third-order valence-electron chi connectivity index (χ3n) is 2.28. The molecule has 0 saturated heterocycles. The molecule has 0 bridgehead atoms. The highest BCUT2D eigenvalue weighted by Crippen LogP contribution is 2.23. The van der Waals surface area contributed by atoms with Gasteiger partial charge >= 0.3 is 0 Å². The SMILES string of the molecule is CCOc1ccc(C)cc1C(=O)CSC(C)C. The third-order valence-corrected chi connectivity index (χ3v) is 3.38. The molecule has 1 aromatic carbocycles. The number of benzene rings is 1. The molecule has 0 heterocycles. The van der Waals surface area contributed by atoms with Crippen LogP contribution < -0.4 is 4.74 Å². The van der Waals surface area contributed by atoms with Crippen LogP contribution in [0.4, 0.5) is 0 Å². The minimum Gasteiger partial charge on any atom is -0.493 e. The van der Waals surface area contributed by atoms with E-state index >= 15 is 0 Å². The molecule has 1 aromatic rings. The summed E-state index contributed by atoms with van der Waals surface area (Å²) in [6.07, 6.45) is 0. The van der Waals surface area contributed by atoms with Gasteiger partial charge in [-0.05, 0) is 31.2 Å². The fourth-order valence-electron chi connectivity index (χ4n) is 1.46. The van der Waals surface area contributed by atoms with E-state index in [0.717, 1.165) is 5.56 Å². The van der Waals surface area contributed by atoms with Crippen molar-refractivity contribution in [2.75, 3.05) is 12.4 Å². The van der Waals surface area contributed by atoms with E-state index in [-0.39, 0.29) is 5.78 Å². The lowest BCUT2D eigenvalue weighted by atomic mass is 10.1. The number of aryl methyl sites for hydroxylation is 1. The van der Waals surface area contributed by atoms with Crippen LogP contribution in [0, 0.1) is 6.92 Å². The molecule has 0 amide bonds. The zero-order valence-electron chi connectivity index (χ0n) is 10.9. The molecule has 0 saturated carbocycles. The molecule has 0 aliphatic heterocycles. The predicted molar refractivity (Wildman–Crippen MR) is 74.3 cm³/mol. The number of Topliss-reactive ketones (excluding diaryl/α,β-unsaturated/α-hetero) is 1. The molecule has 17 heavy (non-hydrogen) atoms. The van der Waals surface area contributed by atoms with Gasteiger partial charge in [0.1, 0.15) is 5.75 Å². The summed E-state index contributed by atoms with van der Waals surface area (Å²) in [7, 11) is 0. The first kappa shape index (κ1) is 14.1. The molecule has 2 nitrogen and oxygen atoms in total. The Morgan fingerprint density at radius 3 is 2.71 bits per heavy atom. The third kappa shape index (κ3) is 4.43. The van der Waals surface area contributed by atoms with Crippen LogP contribution in [0.2, 0.25) is 0 Å². The Balaban J connectivity index is 2.86. The van der Waals surface area contributed by atoms with Crippen LogP contribution in [-0.4, -0.2) is 23.4 Å². The molecule has 0 aromatic heterocycles. The van der Waals surface area contributed by atoms with E-state index in [1.54, 1.807) is 11.8 Å². The second-order valence-electron chi connectivity index (χ2n) is 4.22. The summed E-state index contributed by atoms with van der Waals surface area (Å²) in [4.78, 5) is 12.1. The van der Waals surface area contributed by atoms with E-state index < -0.39 is 0 Å². The summed E-state index contributed by atoms with van der Waals surface area (Å²) in [6, 6.07) is 5.76. The Labute approximate surface area is 108 Å². The smallest absolute Gasteiger partial charge is 0.176 e. The van der Waals surface area contributed by atoms with Crippen molar-refractivity contribution >= 4 is 17.5 Å². The molecule has 3 heteroatoms. The van der Waals surface area contributed by atoms with Gasteiger partial charge in [-0.25, -0.2) is 0 Å². The van der Waals surface area contributed by atoms with Crippen molar-refractivity contribution in [3.8, 4) is 5.75 Å². The molecular formula is C14H20O2S. The molecule has 1 rings (SSSR count). The Kier molecular flexibility index (Phi) is 5.56. The maximum atomic E-state index is 12.1. The lowest BCUT2D eigenvalue weighted by molar-refractivity contribution is 0.101. The standard InChI is InChI=1S/C14H20O2S/c1-5-16-14-7-6-11(4)8-12(14)13(15)9-17-10(2)3/h6-8,10H,5,9H2,1-4H3. The zero-order chi connectivity index (χ0) is 12.8. The van der Waals surface area contributed by atoms with Crippen molar-refractivity contribution in [3.63, 3.8) is 0 Å². The molecule has 0 spiro atoms. The molecule has 0 radical (unpaired) electrons. The van der Waals surface area contributed by atoms with Crippen LogP contribution in [0.3, 0.4) is 0 Å². The lowest BCUT2D eigenvalue weighted by Gasteiger charge is -2.11. The molecular weight excluding hydrogens is 232 g/mol. The predicted octanol–water partition coefficient (Wildman–Crippen LogP) is 3.72. The number of rotatable bonds is 6. The van der Waals surface area contributed by atoms with Gasteiger partial charge in [0.15, 0.2) is 5.78 Å². The number of carbonyl (C=O) groups is 1. The topological polar surface area (TPSA) is 26.3 Å². The van der Waals surface area contributed by atoms with Crippen LogP contribution in [0.25, 0.3) is 0 Å². The monoisotopic (exact) mass is 252 g/mol. The Morgan fingerprint density at radius 1 is 1.41 bits per heavy atom. The highest BCUT2D eigenvalue weighted by atomic mass is 32.2. The van der Waals surface area contributed by atoms with Gasteiger partial charge in [0.2, 0.25) is 0 Å². The van der Waals surface area contributed by atoms with Crippen molar-refractivity contribution in [3.05, 3.63) is 29.3 Å². The van der Waals surface area contributed by atoms with Crippen LogP contribution in [-0.2, 0) is 0 Å². The first-order valence-electron chi connectivity index (χ1n) is 5.92. The van der Waals surface area contributed by atoms with Gasteiger partial charge < -0.3 is 4.74 Å².